The molecule has 2 amide bonds. The van der Waals surface area contributed by atoms with Crippen LogP contribution in [0, 0.1) is 13.8 Å². The van der Waals surface area contributed by atoms with Crippen molar-refractivity contribution < 1.29 is 9.59 Å². The molecule has 0 heterocycles. The Morgan fingerprint density at radius 1 is 1.00 bits per heavy atom. The number of aryl methyl sites for hydroxylation is 2. The van der Waals surface area contributed by atoms with Gasteiger partial charge in [0, 0.05) is 11.3 Å². The molecule has 0 unspecified atom stereocenters. The lowest BCUT2D eigenvalue weighted by atomic mass is 10.1. The van der Waals surface area contributed by atoms with E-state index in [1.165, 1.54) is 16.7 Å². The average Bonchev–Trinajstić information content (AvgIpc) is 2.52. The molecule has 0 fully saturated rings. The fraction of sp³-hybridized carbons (Fsp3) is 0.364. The minimum absolute atomic E-state index is 0.111. The first-order chi connectivity index (χ1) is 12.6. The number of carbonyl (C=O) groups is 2. The van der Waals surface area contributed by atoms with Gasteiger partial charge >= 0.3 is 0 Å². The highest BCUT2D eigenvalue weighted by molar-refractivity contribution is 7.99. The summed E-state index contributed by atoms with van der Waals surface area (Å²) in [4.78, 5) is 24.8. The van der Waals surface area contributed by atoms with Gasteiger partial charge in [-0.2, -0.15) is 0 Å². The van der Waals surface area contributed by atoms with Crippen LogP contribution in [0.15, 0.2) is 42.5 Å². The number of carbonyl (C=O) groups excluding carboxylic acids is 2. The van der Waals surface area contributed by atoms with Gasteiger partial charge in [0.25, 0.3) is 5.91 Å². The Balaban J connectivity index is 1.95. The summed E-state index contributed by atoms with van der Waals surface area (Å²) in [5.74, 6) is 0.811. The first kappa shape index (κ1) is 21.0. The fourth-order valence-electron chi connectivity index (χ4n) is 2.80. The van der Waals surface area contributed by atoms with Crippen LogP contribution in [0.25, 0.3) is 0 Å². The van der Waals surface area contributed by atoms with Crippen molar-refractivity contribution in [1.82, 2.24) is 5.32 Å². The number of rotatable bonds is 6. The maximum atomic E-state index is 12.5. The molecule has 0 atom stereocenters. The molecule has 4 nitrogen and oxygen atoms in total. The Kier molecular flexibility index (Phi) is 7.08. The van der Waals surface area contributed by atoms with Gasteiger partial charge in [0.1, 0.15) is 0 Å². The van der Waals surface area contributed by atoms with E-state index < -0.39 is 0 Å². The van der Waals surface area contributed by atoms with Gasteiger partial charge in [-0.05, 0) is 52.3 Å². The van der Waals surface area contributed by atoms with Crippen molar-refractivity contribution in [3.8, 4) is 0 Å². The molecule has 0 aliphatic carbocycles. The molecule has 0 aromatic heterocycles. The highest BCUT2D eigenvalue weighted by atomic mass is 32.2. The van der Waals surface area contributed by atoms with Gasteiger partial charge in [0.05, 0.1) is 17.0 Å². The van der Waals surface area contributed by atoms with E-state index in [0.29, 0.717) is 17.0 Å². The lowest BCUT2D eigenvalue weighted by molar-refractivity contribution is -0.113. The summed E-state index contributed by atoms with van der Waals surface area (Å²) in [5.41, 5.74) is 4.35. The molecule has 0 saturated heterocycles. The van der Waals surface area contributed by atoms with Crippen LogP contribution in [0.1, 0.15) is 47.8 Å². The number of thioether (sulfide) groups is 1. The quantitative estimate of drug-likeness (QED) is 0.759. The molecule has 0 saturated carbocycles. The van der Waals surface area contributed by atoms with E-state index in [9.17, 15) is 9.59 Å². The second-order valence-corrected chi connectivity index (χ2v) is 8.77. The van der Waals surface area contributed by atoms with Crippen molar-refractivity contribution in [2.24, 2.45) is 0 Å². The third kappa shape index (κ3) is 7.10. The van der Waals surface area contributed by atoms with Crippen LogP contribution in [0.2, 0.25) is 0 Å². The molecule has 0 aliphatic rings. The monoisotopic (exact) mass is 384 g/mol. The zero-order chi connectivity index (χ0) is 20.0. The second kappa shape index (κ2) is 9.09. The van der Waals surface area contributed by atoms with Gasteiger partial charge in [0.2, 0.25) is 5.91 Å². The summed E-state index contributed by atoms with van der Waals surface area (Å²) >= 11 is 1.56. The molecule has 144 valence electrons. The maximum absolute atomic E-state index is 12.5. The van der Waals surface area contributed by atoms with E-state index in [1.807, 2.05) is 26.8 Å². The van der Waals surface area contributed by atoms with Crippen LogP contribution in [0.4, 0.5) is 5.69 Å². The largest absolute Gasteiger partial charge is 0.347 e. The third-order valence-corrected chi connectivity index (χ3v) is 4.72. The van der Waals surface area contributed by atoms with Crippen LogP contribution in [0.3, 0.4) is 0 Å². The first-order valence-corrected chi connectivity index (χ1v) is 10.2. The number of para-hydroxylation sites is 1. The van der Waals surface area contributed by atoms with E-state index in [4.69, 9.17) is 0 Å². The number of hydrogen-bond donors (Lipinski definition) is 2. The van der Waals surface area contributed by atoms with E-state index in [1.54, 1.807) is 30.0 Å². The van der Waals surface area contributed by atoms with Gasteiger partial charge in [-0.3, -0.25) is 9.59 Å². The predicted molar refractivity (Wildman–Crippen MR) is 114 cm³/mol. The van der Waals surface area contributed by atoms with Gasteiger partial charge in [-0.15, -0.1) is 11.8 Å². The Hall–Kier alpha value is -2.27. The van der Waals surface area contributed by atoms with Crippen LogP contribution in [0.5, 0.6) is 0 Å². The minimum atomic E-state index is -0.337. The summed E-state index contributed by atoms with van der Waals surface area (Å²) in [5, 5.41) is 5.79. The second-order valence-electron chi connectivity index (χ2n) is 7.79. The predicted octanol–water partition coefficient (Wildman–Crippen LogP) is 4.70. The highest BCUT2D eigenvalue weighted by Crippen LogP contribution is 2.19. The molecule has 2 aromatic carbocycles. The summed E-state index contributed by atoms with van der Waals surface area (Å²) in [6.45, 7) is 9.93. The topological polar surface area (TPSA) is 58.2 Å². The van der Waals surface area contributed by atoms with Gasteiger partial charge in [-0.25, -0.2) is 0 Å². The Morgan fingerprint density at radius 2 is 1.63 bits per heavy atom. The number of benzene rings is 2. The molecule has 0 bridgehead atoms. The number of amides is 2. The molecule has 27 heavy (non-hydrogen) atoms. The summed E-state index contributed by atoms with van der Waals surface area (Å²) in [7, 11) is 0. The van der Waals surface area contributed by atoms with Crippen molar-refractivity contribution in [2.75, 3.05) is 11.1 Å². The van der Waals surface area contributed by atoms with E-state index in [-0.39, 0.29) is 17.4 Å². The standard InChI is InChI=1S/C22H28N2O2S/c1-15-10-16(2)12-17(11-15)13-27-14-20(25)23-19-9-7-6-8-18(19)21(26)24-22(3,4)5/h6-12H,13-14H2,1-5H3,(H,23,25)(H,24,26). The van der Waals surface area contributed by atoms with Crippen molar-refractivity contribution in [3.05, 3.63) is 64.7 Å². The lowest BCUT2D eigenvalue weighted by Crippen LogP contribution is -2.40. The molecular weight excluding hydrogens is 356 g/mol. The molecule has 2 N–H and O–H groups in total. The van der Waals surface area contributed by atoms with Crippen molar-refractivity contribution >= 4 is 29.3 Å². The van der Waals surface area contributed by atoms with Crippen LogP contribution in [-0.4, -0.2) is 23.1 Å². The zero-order valence-electron chi connectivity index (χ0n) is 16.7. The normalized spacial score (nSPS) is 11.1. The molecular formula is C22H28N2O2S. The number of anilines is 1. The molecule has 2 rings (SSSR count). The molecule has 0 aliphatic heterocycles. The Labute approximate surface area is 166 Å². The highest BCUT2D eigenvalue weighted by Gasteiger charge is 2.18. The van der Waals surface area contributed by atoms with Gasteiger partial charge in [0.15, 0.2) is 0 Å². The Morgan fingerprint density at radius 3 is 2.26 bits per heavy atom. The summed E-state index contributed by atoms with van der Waals surface area (Å²) in [6, 6.07) is 13.5. The van der Waals surface area contributed by atoms with Crippen LogP contribution < -0.4 is 10.6 Å². The molecule has 0 radical (unpaired) electrons. The van der Waals surface area contributed by atoms with Crippen molar-refractivity contribution in [3.63, 3.8) is 0 Å². The Bertz CT molecular complexity index is 805. The van der Waals surface area contributed by atoms with Crippen molar-refractivity contribution in [1.29, 1.82) is 0 Å². The summed E-state index contributed by atoms with van der Waals surface area (Å²) < 4.78 is 0. The summed E-state index contributed by atoms with van der Waals surface area (Å²) in [6.07, 6.45) is 0. The minimum Gasteiger partial charge on any atom is -0.347 e. The SMILES string of the molecule is Cc1cc(C)cc(CSCC(=O)Nc2ccccc2C(=O)NC(C)(C)C)c1. The molecule has 2 aromatic rings. The zero-order valence-corrected chi connectivity index (χ0v) is 17.5. The van der Waals surface area contributed by atoms with E-state index in [0.717, 1.165) is 5.75 Å². The lowest BCUT2D eigenvalue weighted by Gasteiger charge is -2.21. The molecule has 5 heteroatoms. The van der Waals surface area contributed by atoms with E-state index in [2.05, 4.69) is 42.7 Å². The average molecular weight is 385 g/mol. The molecule has 0 spiro atoms. The first-order valence-electron chi connectivity index (χ1n) is 9.00. The number of nitrogens with one attached hydrogen (secondary N) is 2. The van der Waals surface area contributed by atoms with Gasteiger partial charge in [-0.1, -0.05) is 41.5 Å². The third-order valence-electron chi connectivity index (χ3n) is 3.72. The van der Waals surface area contributed by atoms with Gasteiger partial charge < -0.3 is 10.6 Å². The fourth-order valence-corrected chi connectivity index (χ4v) is 3.56. The smallest absolute Gasteiger partial charge is 0.253 e. The van der Waals surface area contributed by atoms with Crippen LogP contribution in [-0.2, 0) is 10.5 Å². The maximum Gasteiger partial charge on any atom is 0.253 e. The van der Waals surface area contributed by atoms with E-state index >= 15 is 0 Å². The van der Waals surface area contributed by atoms with Crippen LogP contribution >= 0.6 is 11.8 Å². The van der Waals surface area contributed by atoms with Crippen molar-refractivity contribution in [2.45, 2.75) is 45.9 Å². The number of hydrogen-bond acceptors (Lipinski definition) is 3.